The zero-order valence-electron chi connectivity index (χ0n) is 10.3. The highest BCUT2D eigenvalue weighted by Gasteiger charge is 2.16. The van der Waals surface area contributed by atoms with E-state index in [9.17, 15) is 10.1 Å². The third kappa shape index (κ3) is 3.80. The Bertz CT molecular complexity index is 686. The molecule has 0 aliphatic carbocycles. The molecule has 8 heteroatoms. The van der Waals surface area contributed by atoms with Gasteiger partial charge in [0, 0.05) is 22.5 Å². The summed E-state index contributed by atoms with van der Waals surface area (Å²) in [4.78, 5) is 10.1. The van der Waals surface area contributed by atoms with E-state index < -0.39 is 4.92 Å². The lowest BCUT2D eigenvalue weighted by molar-refractivity contribution is -0.384. The second-order valence-corrected chi connectivity index (χ2v) is 5.77. The number of non-ortho nitro benzene ring substituents is 1. The van der Waals surface area contributed by atoms with Gasteiger partial charge in [-0.15, -0.1) is 0 Å². The first-order valence-electron chi connectivity index (χ1n) is 5.58. The number of halogens is 4. The van der Waals surface area contributed by atoms with Crippen LogP contribution in [0.3, 0.4) is 0 Å². The van der Waals surface area contributed by atoms with E-state index in [1.54, 1.807) is 18.2 Å². The molecule has 110 valence electrons. The van der Waals surface area contributed by atoms with Crippen LogP contribution in [0, 0.1) is 10.1 Å². The minimum atomic E-state index is -0.580. The molecule has 2 rings (SSSR count). The molecule has 0 amide bonds. The molecule has 0 aliphatic rings. The Morgan fingerprint density at radius 3 is 2.19 bits per heavy atom. The number of alkyl halides is 1. The summed E-state index contributed by atoms with van der Waals surface area (Å²) in [6.45, 7) is 0. The minimum Gasteiger partial charge on any atom is -0.454 e. The summed E-state index contributed by atoms with van der Waals surface area (Å²) >= 11 is 21.3. The summed E-state index contributed by atoms with van der Waals surface area (Å²) in [5.41, 5.74) is 0.704. The van der Waals surface area contributed by atoms with Crippen LogP contribution in [0.2, 0.25) is 15.1 Å². The van der Waals surface area contributed by atoms with Gasteiger partial charge in [0.2, 0.25) is 0 Å². The number of nitro groups is 1. The largest absolute Gasteiger partial charge is 0.454 e. The van der Waals surface area contributed by atoms with Crippen LogP contribution in [0.25, 0.3) is 0 Å². The van der Waals surface area contributed by atoms with E-state index in [2.05, 4.69) is 15.9 Å². The molecule has 0 fully saturated rings. The van der Waals surface area contributed by atoms with Crippen LogP contribution in [-0.2, 0) is 5.33 Å². The third-order valence-electron chi connectivity index (χ3n) is 2.58. The van der Waals surface area contributed by atoms with Gasteiger partial charge in [-0.05, 0) is 17.7 Å². The van der Waals surface area contributed by atoms with Crippen LogP contribution in [0.5, 0.6) is 11.5 Å². The van der Waals surface area contributed by atoms with E-state index in [0.717, 1.165) is 5.56 Å². The average Bonchev–Trinajstić information content (AvgIpc) is 2.42. The van der Waals surface area contributed by atoms with E-state index in [0.29, 0.717) is 16.1 Å². The van der Waals surface area contributed by atoms with Gasteiger partial charge in [0.15, 0.2) is 5.75 Å². The highest BCUT2D eigenvalue weighted by atomic mass is 79.9. The number of ether oxygens (including phenoxy) is 1. The summed E-state index contributed by atoms with van der Waals surface area (Å²) in [6, 6.07) is 7.47. The van der Waals surface area contributed by atoms with Crippen molar-refractivity contribution in [1.82, 2.24) is 0 Å². The van der Waals surface area contributed by atoms with Gasteiger partial charge in [0.25, 0.3) is 5.69 Å². The molecule has 0 saturated heterocycles. The number of benzene rings is 2. The predicted octanol–water partition coefficient (Wildman–Crippen LogP) is 6.24. The fourth-order valence-electron chi connectivity index (χ4n) is 1.57. The molecule has 0 unspecified atom stereocenters. The van der Waals surface area contributed by atoms with Crippen LogP contribution in [0.4, 0.5) is 5.69 Å². The average molecular weight is 411 g/mol. The van der Waals surface area contributed by atoms with Gasteiger partial charge in [-0.25, -0.2) is 0 Å². The van der Waals surface area contributed by atoms with Crippen molar-refractivity contribution in [3.8, 4) is 11.5 Å². The van der Waals surface area contributed by atoms with E-state index in [1.165, 1.54) is 12.1 Å². The fraction of sp³-hybridized carbons (Fsp3) is 0.0769. The molecule has 4 nitrogen and oxygen atoms in total. The molecule has 2 aromatic carbocycles. The Morgan fingerprint density at radius 1 is 1.10 bits per heavy atom. The van der Waals surface area contributed by atoms with Gasteiger partial charge in [-0.2, -0.15) is 0 Å². The van der Waals surface area contributed by atoms with Crippen molar-refractivity contribution in [1.29, 1.82) is 0 Å². The lowest BCUT2D eigenvalue weighted by Crippen LogP contribution is -1.92. The summed E-state index contributed by atoms with van der Waals surface area (Å²) < 4.78 is 5.57. The Hall–Kier alpha value is -1.01. The van der Waals surface area contributed by atoms with Crippen LogP contribution >= 0.6 is 50.7 Å². The van der Waals surface area contributed by atoms with Gasteiger partial charge in [-0.1, -0.05) is 56.8 Å². The molecule has 0 aliphatic heterocycles. The number of nitrogens with zero attached hydrogens (tertiary/aromatic N) is 1. The molecule has 0 spiro atoms. The van der Waals surface area contributed by atoms with E-state index in [1.807, 2.05) is 0 Å². The van der Waals surface area contributed by atoms with Crippen molar-refractivity contribution in [2.45, 2.75) is 5.33 Å². The normalized spacial score (nSPS) is 10.5. The van der Waals surface area contributed by atoms with Crippen molar-refractivity contribution in [2.24, 2.45) is 0 Å². The summed E-state index contributed by atoms with van der Waals surface area (Å²) in [6.07, 6.45) is 0. The second-order valence-electron chi connectivity index (χ2n) is 3.98. The molecule has 0 bridgehead atoms. The zero-order valence-corrected chi connectivity index (χ0v) is 14.1. The predicted molar refractivity (Wildman–Crippen MR) is 87.3 cm³/mol. The monoisotopic (exact) mass is 409 g/mol. The zero-order chi connectivity index (χ0) is 15.6. The maximum atomic E-state index is 10.7. The first kappa shape index (κ1) is 16.4. The Kier molecular flexibility index (Phi) is 5.32. The van der Waals surface area contributed by atoms with Crippen molar-refractivity contribution in [3.63, 3.8) is 0 Å². The van der Waals surface area contributed by atoms with Crippen LogP contribution in [0.1, 0.15) is 5.56 Å². The molecule has 0 aromatic heterocycles. The topological polar surface area (TPSA) is 52.4 Å². The summed E-state index contributed by atoms with van der Waals surface area (Å²) in [7, 11) is 0. The Morgan fingerprint density at radius 2 is 1.71 bits per heavy atom. The van der Waals surface area contributed by atoms with Crippen molar-refractivity contribution < 1.29 is 9.66 Å². The van der Waals surface area contributed by atoms with Crippen molar-refractivity contribution >= 4 is 56.4 Å². The van der Waals surface area contributed by atoms with Crippen molar-refractivity contribution in [3.05, 3.63) is 61.1 Å². The highest BCUT2D eigenvalue weighted by Crippen LogP contribution is 2.40. The Balaban J connectivity index is 2.35. The number of hydrogen-bond acceptors (Lipinski definition) is 3. The molecule has 0 heterocycles. The number of nitro benzene ring substituents is 1. The van der Waals surface area contributed by atoms with Gasteiger partial charge < -0.3 is 4.74 Å². The fourth-order valence-corrected chi connectivity index (χ4v) is 3.01. The summed E-state index contributed by atoms with van der Waals surface area (Å²) in [5.74, 6) is 0.578. The number of rotatable bonds is 4. The standard InChI is InChI=1S/C13H7BrCl3NO3/c14-6-7-1-2-9(5-10(7)15)21-13-11(16)3-8(18(19)20)4-12(13)17/h1-5H,6H2. The lowest BCUT2D eigenvalue weighted by Gasteiger charge is -2.10. The SMILES string of the molecule is O=[N+]([O-])c1cc(Cl)c(Oc2ccc(CBr)c(Cl)c2)c(Cl)c1. The molecule has 0 saturated carbocycles. The van der Waals surface area contributed by atoms with Crippen LogP contribution < -0.4 is 4.74 Å². The third-order valence-corrected chi connectivity index (χ3v) is 4.10. The minimum absolute atomic E-state index is 0.0508. The smallest absolute Gasteiger partial charge is 0.272 e. The van der Waals surface area contributed by atoms with E-state index >= 15 is 0 Å². The molecular weight excluding hydrogens is 404 g/mol. The molecule has 0 radical (unpaired) electrons. The maximum absolute atomic E-state index is 10.7. The first-order chi connectivity index (χ1) is 9.92. The maximum Gasteiger partial charge on any atom is 0.272 e. The van der Waals surface area contributed by atoms with Gasteiger partial charge in [-0.3, -0.25) is 10.1 Å². The lowest BCUT2D eigenvalue weighted by atomic mass is 10.2. The van der Waals surface area contributed by atoms with Gasteiger partial charge in [0.05, 0.1) is 15.0 Å². The molecule has 0 atom stereocenters. The van der Waals surface area contributed by atoms with Gasteiger partial charge in [0.1, 0.15) is 5.75 Å². The first-order valence-corrected chi connectivity index (χ1v) is 7.83. The number of hydrogen-bond donors (Lipinski definition) is 0. The summed E-state index contributed by atoms with van der Waals surface area (Å²) in [5, 5.41) is 12.0. The molecular formula is C13H7BrCl3NO3. The van der Waals surface area contributed by atoms with Crippen molar-refractivity contribution in [2.75, 3.05) is 0 Å². The highest BCUT2D eigenvalue weighted by molar-refractivity contribution is 9.08. The molecule has 2 aromatic rings. The molecule has 0 N–H and O–H groups in total. The van der Waals surface area contributed by atoms with Crippen LogP contribution in [-0.4, -0.2) is 4.92 Å². The second kappa shape index (κ2) is 6.83. The van der Waals surface area contributed by atoms with E-state index in [4.69, 9.17) is 39.5 Å². The van der Waals surface area contributed by atoms with E-state index in [-0.39, 0.29) is 21.5 Å². The quantitative estimate of drug-likeness (QED) is 0.340. The Labute approximate surface area is 143 Å². The van der Waals surface area contributed by atoms with Crippen LogP contribution in [0.15, 0.2) is 30.3 Å². The molecule has 21 heavy (non-hydrogen) atoms. The van der Waals surface area contributed by atoms with Gasteiger partial charge >= 0.3 is 0 Å².